The molecule has 1 atom stereocenters. The number of nitrogens with zero attached hydrogens (tertiary/aromatic N) is 2. The Hall–Kier alpha value is -1.85. The molecule has 0 fully saturated rings. The fourth-order valence-corrected chi connectivity index (χ4v) is 2.34. The molecular weight excluding hydrogens is 254 g/mol. The summed E-state index contributed by atoms with van der Waals surface area (Å²) in [6.45, 7) is 2.76. The van der Waals surface area contributed by atoms with E-state index in [1.807, 2.05) is 37.1 Å². The zero-order valence-corrected chi connectivity index (χ0v) is 12.1. The predicted octanol–water partition coefficient (Wildman–Crippen LogP) is 1.57. The molecule has 0 aliphatic heterocycles. The number of benzene rings is 1. The third-order valence-corrected chi connectivity index (χ3v) is 3.30. The number of likely N-dealkylation sites (N-methyl/N-ethyl adjacent to an activating group) is 1. The molecule has 0 bridgehead atoms. The summed E-state index contributed by atoms with van der Waals surface area (Å²) in [4.78, 5) is 6.30. The number of anilines is 2. The SMILES string of the molecule is COCC(O)CN(C)c1ccc(N)c2cnc(C)cc12. The lowest BCUT2D eigenvalue weighted by atomic mass is 10.1. The Labute approximate surface area is 119 Å². The van der Waals surface area contributed by atoms with Gasteiger partial charge in [0.05, 0.1) is 12.7 Å². The van der Waals surface area contributed by atoms with Crippen LogP contribution in [0, 0.1) is 6.92 Å². The molecule has 1 aromatic carbocycles. The van der Waals surface area contributed by atoms with Crippen molar-refractivity contribution in [3.05, 3.63) is 30.1 Å². The monoisotopic (exact) mass is 275 g/mol. The molecule has 1 heterocycles. The van der Waals surface area contributed by atoms with E-state index < -0.39 is 6.10 Å². The van der Waals surface area contributed by atoms with Crippen LogP contribution in [0.2, 0.25) is 0 Å². The van der Waals surface area contributed by atoms with Gasteiger partial charge in [0.1, 0.15) is 0 Å². The van der Waals surface area contributed by atoms with Gasteiger partial charge < -0.3 is 20.5 Å². The van der Waals surface area contributed by atoms with E-state index in [2.05, 4.69) is 4.98 Å². The molecule has 1 aromatic heterocycles. The van der Waals surface area contributed by atoms with Crippen LogP contribution >= 0.6 is 0 Å². The normalized spacial score (nSPS) is 12.6. The third-order valence-electron chi connectivity index (χ3n) is 3.30. The van der Waals surface area contributed by atoms with Crippen molar-refractivity contribution in [3.8, 4) is 0 Å². The first-order chi connectivity index (χ1) is 9.52. The summed E-state index contributed by atoms with van der Waals surface area (Å²) < 4.78 is 4.96. The molecule has 1 unspecified atom stereocenters. The lowest BCUT2D eigenvalue weighted by molar-refractivity contribution is 0.0695. The lowest BCUT2D eigenvalue weighted by Crippen LogP contribution is -2.32. The first-order valence-electron chi connectivity index (χ1n) is 6.56. The molecule has 0 aliphatic rings. The molecule has 2 aromatic rings. The van der Waals surface area contributed by atoms with Crippen LogP contribution in [-0.2, 0) is 4.74 Å². The number of aromatic nitrogens is 1. The average molecular weight is 275 g/mol. The molecule has 5 heteroatoms. The number of fused-ring (bicyclic) bond motifs is 1. The fraction of sp³-hybridized carbons (Fsp3) is 0.400. The number of aliphatic hydroxyl groups is 1. The van der Waals surface area contributed by atoms with Crippen LogP contribution in [0.25, 0.3) is 10.8 Å². The second-order valence-corrected chi connectivity index (χ2v) is 5.03. The number of nitrogen functional groups attached to an aromatic ring is 1. The van der Waals surface area contributed by atoms with Gasteiger partial charge in [-0.1, -0.05) is 0 Å². The van der Waals surface area contributed by atoms with Gasteiger partial charge in [-0.25, -0.2) is 0 Å². The Balaban J connectivity index is 2.38. The van der Waals surface area contributed by atoms with E-state index in [9.17, 15) is 5.11 Å². The molecule has 20 heavy (non-hydrogen) atoms. The van der Waals surface area contributed by atoms with Crippen molar-refractivity contribution in [1.82, 2.24) is 4.98 Å². The summed E-state index contributed by atoms with van der Waals surface area (Å²) in [7, 11) is 3.52. The van der Waals surface area contributed by atoms with E-state index in [1.54, 1.807) is 13.3 Å². The molecule has 5 nitrogen and oxygen atoms in total. The maximum atomic E-state index is 9.86. The number of methoxy groups -OCH3 is 1. The lowest BCUT2D eigenvalue weighted by Gasteiger charge is -2.24. The van der Waals surface area contributed by atoms with Crippen molar-refractivity contribution in [2.75, 3.05) is 37.9 Å². The second-order valence-electron chi connectivity index (χ2n) is 5.03. The van der Waals surface area contributed by atoms with Crippen molar-refractivity contribution in [3.63, 3.8) is 0 Å². The number of pyridine rings is 1. The molecule has 108 valence electrons. The molecule has 0 aliphatic carbocycles. The Morgan fingerprint density at radius 1 is 1.40 bits per heavy atom. The smallest absolute Gasteiger partial charge is 0.0947 e. The van der Waals surface area contributed by atoms with Crippen LogP contribution in [0.3, 0.4) is 0 Å². The molecule has 0 radical (unpaired) electrons. The Morgan fingerprint density at radius 3 is 2.85 bits per heavy atom. The van der Waals surface area contributed by atoms with Gasteiger partial charge in [-0.05, 0) is 25.1 Å². The van der Waals surface area contributed by atoms with Crippen LogP contribution < -0.4 is 10.6 Å². The van der Waals surface area contributed by atoms with E-state index >= 15 is 0 Å². The number of rotatable bonds is 5. The van der Waals surface area contributed by atoms with Crippen LogP contribution in [-0.4, -0.2) is 43.5 Å². The fourth-order valence-electron chi connectivity index (χ4n) is 2.34. The van der Waals surface area contributed by atoms with Gasteiger partial charge in [0.15, 0.2) is 0 Å². The van der Waals surface area contributed by atoms with Crippen LogP contribution in [0.15, 0.2) is 24.4 Å². The molecular formula is C15H21N3O2. The quantitative estimate of drug-likeness (QED) is 0.810. The van der Waals surface area contributed by atoms with Gasteiger partial charge in [0, 0.05) is 54.7 Å². The number of hydrogen-bond acceptors (Lipinski definition) is 5. The van der Waals surface area contributed by atoms with Crippen molar-refractivity contribution in [2.45, 2.75) is 13.0 Å². The third kappa shape index (κ3) is 3.00. The molecule has 3 N–H and O–H groups in total. The van der Waals surface area contributed by atoms with Crippen molar-refractivity contribution < 1.29 is 9.84 Å². The average Bonchev–Trinajstić information content (AvgIpc) is 2.38. The van der Waals surface area contributed by atoms with Gasteiger partial charge in [-0.2, -0.15) is 0 Å². The highest BCUT2D eigenvalue weighted by Gasteiger charge is 2.12. The number of aryl methyl sites for hydroxylation is 1. The summed E-state index contributed by atoms with van der Waals surface area (Å²) in [6.07, 6.45) is 1.27. The number of nitrogens with two attached hydrogens (primary N) is 1. The summed E-state index contributed by atoms with van der Waals surface area (Å²) in [5.74, 6) is 0. The predicted molar refractivity (Wildman–Crippen MR) is 82.0 cm³/mol. The van der Waals surface area contributed by atoms with Gasteiger partial charge in [-0.15, -0.1) is 0 Å². The van der Waals surface area contributed by atoms with Gasteiger partial charge >= 0.3 is 0 Å². The molecule has 0 amide bonds. The van der Waals surface area contributed by atoms with E-state index in [0.29, 0.717) is 18.8 Å². The van der Waals surface area contributed by atoms with Crippen LogP contribution in [0.4, 0.5) is 11.4 Å². The summed E-state index contributed by atoms with van der Waals surface area (Å²) in [5, 5.41) is 11.8. The Bertz CT molecular complexity index is 601. The van der Waals surface area contributed by atoms with E-state index in [1.165, 1.54) is 0 Å². The minimum absolute atomic E-state index is 0.317. The maximum Gasteiger partial charge on any atom is 0.0947 e. The van der Waals surface area contributed by atoms with Crippen molar-refractivity contribution >= 4 is 22.1 Å². The zero-order chi connectivity index (χ0) is 14.7. The van der Waals surface area contributed by atoms with Gasteiger partial charge in [-0.3, -0.25) is 4.98 Å². The number of hydrogen-bond donors (Lipinski definition) is 2. The van der Waals surface area contributed by atoms with Gasteiger partial charge in [0.25, 0.3) is 0 Å². The largest absolute Gasteiger partial charge is 0.398 e. The molecule has 0 spiro atoms. The van der Waals surface area contributed by atoms with Crippen LogP contribution in [0.5, 0.6) is 0 Å². The first kappa shape index (κ1) is 14.6. The zero-order valence-electron chi connectivity index (χ0n) is 12.1. The minimum atomic E-state index is -0.527. The second kappa shape index (κ2) is 6.07. The Morgan fingerprint density at radius 2 is 2.15 bits per heavy atom. The Kier molecular flexibility index (Phi) is 4.42. The van der Waals surface area contributed by atoms with E-state index in [0.717, 1.165) is 22.2 Å². The van der Waals surface area contributed by atoms with Gasteiger partial charge in [0.2, 0.25) is 0 Å². The number of aliphatic hydroxyl groups excluding tert-OH is 1. The highest BCUT2D eigenvalue weighted by Crippen LogP contribution is 2.30. The van der Waals surface area contributed by atoms with Crippen molar-refractivity contribution in [2.24, 2.45) is 0 Å². The standard InChI is InChI=1S/C15H21N3O2/c1-10-6-12-13(7-17-10)14(16)4-5-15(12)18(2)8-11(19)9-20-3/h4-7,11,19H,8-9,16H2,1-3H3. The summed E-state index contributed by atoms with van der Waals surface area (Å²) in [6, 6.07) is 5.85. The number of ether oxygens (including phenoxy) is 1. The molecule has 0 saturated heterocycles. The van der Waals surface area contributed by atoms with Crippen LogP contribution in [0.1, 0.15) is 5.69 Å². The van der Waals surface area contributed by atoms with E-state index in [-0.39, 0.29) is 0 Å². The first-order valence-corrected chi connectivity index (χ1v) is 6.56. The highest BCUT2D eigenvalue weighted by atomic mass is 16.5. The molecule has 2 rings (SSSR count). The maximum absolute atomic E-state index is 9.86. The van der Waals surface area contributed by atoms with E-state index in [4.69, 9.17) is 10.5 Å². The molecule has 0 saturated carbocycles. The van der Waals surface area contributed by atoms with Crippen molar-refractivity contribution in [1.29, 1.82) is 0 Å². The minimum Gasteiger partial charge on any atom is -0.398 e. The highest BCUT2D eigenvalue weighted by molar-refractivity contribution is 6.01. The summed E-state index contributed by atoms with van der Waals surface area (Å²) in [5.41, 5.74) is 8.67. The topological polar surface area (TPSA) is 71.6 Å². The summed E-state index contributed by atoms with van der Waals surface area (Å²) >= 11 is 0.